The van der Waals surface area contributed by atoms with Gasteiger partial charge in [-0.25, -0.2) is 9.97 Å². The fraction of sp³-hybridized carbons (Fsp3) is 0.280. The highest BCUT2D eigenvalue weighted by Crippen LogP contribution is 2.34. The van der Waals surface area contributed by atoms with Crippen molar-refractivity contribution < 1.29 is 18.0 Å². The number of anilines is 2. The molecule has 0 spiro atoms. The van der Waals surface area contributed by atoms with Gasteiger partial charge in [0.2, 0.25) is 0 Å². The van der Waals surface area contributed by atoms with Gasteiger partial charge in [-0.3, -0.25) is 9.79 Å². The number of aromatic nitrogens is 3. The third-order valence-corrected chi connectivity index (χ3v) is 5.58. The van der Waals surface area contributed by atoms with Crippen molar-refractivity contribution in [1.29, 1.82) is 0 Å². The lowest BCUT2D eigenvalue weighted by molar-refractivity contribution is -0.137. The fourth-order valence-corrected chi connectivity index (χ4v) is 4.06. The van der Waals surface area contributed by atoms with Gasteiger partial charge in [-0.2, -0.15) is 13.2 Å². The van der Waals surface area contributed by atoms with E-state index in [0.29, 0.717) is 46.9 Å². The van der Waals surface area contributed by atoms with Gasteiger partial charge in [0.05, 0.1) is 17.7 Å². The number of alkyl halides is 3. The third-order valence-electron chi connectivity index (χ3n) is 5.58. The Kier molecular flexibility index (Phi) is 6.82. The number of hydrogen-bond donors (Lipinski definition) is 2. The van der Waals surface area contributed by atoms with Crippen LogP contribution in [0.3, 0.4) is 0 Å². The first-order valence-corrected chi connectivity index (χ1v) is 11.2. The van der Waals surface area contributed by atoms with E-state index < -0.39 is 11.7 Å². The van der Waals surface area contributed by atoms with Crippen LogP contribution in [-0.2, 0) is 24.1 Å². The second kappa shape index (κ2) is 9.84. The van der Waals surface area contributed by atoms with Gasteiger partial charge >= 0.3 is 6.18 Å². The molecule has 0 saturated carbocycles. The van der Waals surface area contributed by atoms with Crippen LogP contribution in [0, 0.1) is 6.92 Å². The molecule has 0 fully saturated rings. The molecule has 3 aliphatic rings. The van der Waals surface area contributed by atoms with Gasteiger partial charge in [0, 0.05) is 38.4 Å². The number of aldehydes is 1. The molecule has 11 heteroatoms. The Balaban J connectivity index is 1.89. The number of carbonyl (C=O) groups excluding carboxylic acids is 1. The van der Waals surface area contributed by atoms with Gasteiger partial charge in [0.1, 0.15) is 23.8 Å². The summed E-state index contributed by atoms with van der Waals surface area (Å²) in [4.78, 5) is 26.9. The summed E-state index contributed by atoms with van der Waals surface area (Å²) in [6.07, 6.45) is 1.34. The minimum atomic E-state index is -4.51. The number of benzene rings is 1. The van der Waals surface area contributed by atoms with Crippen LogP contribution in [0.15, 0.2) is 47.6 Å². The number of rotatable bonds is 6. The van der Waals surface area contributed by atoms with E-state index in [4.69, 9.17) is 5.73 Å². The summed E-state index contributed by atoms with van der Waals surface area (Å²) in [5, 5.41) is 3.36. The Morgan fingerprint density at radius 2 is 2.03 bits per heavy atom. The Labute approximate surface area is 206 Å². The summed E-state index contributed by atoms with van der Waals surface area (Å²) >= 11 is 0. The molecule has 1 aromatic carbocycles. The monoisotopic (exact) mass is 497 g/mol. The molecule has 8 nitrogen and oxygen atoms in total. The number of nitrogens with two attached hydrogens (primary N) is 1. The van der Waals surface area contributed by atoms with Crippen LogP contribution in [0.1, 0.15) is 22.5 Å². The van der Waals surface area contributed by atoms with Gasteiger partial charge in [-0.05, 0) is 60.7 Å². The molecule has 188 valence electrons. The van der Waals surface area contributed by atoms with Crippen molar-refractivity contribution in [1.82, 2.24) is 19.4 Å². The molecule has 0 radical (unpaired) electrons. The minimum Gasteiger partial charge on any atom is -0.399 e. The van der Waals surface area contributed by atoms with Crippen molar-refractivity contribution in [2.24, 2.45) is 4.99 Å². The number of aryl methyl sites for hydroxylation is 1. The number of hydrogen-bond acceptors (Lipinski definition) is 7. The Bertz CT molecular complexity index is 1400. The van der Waals surface area contributed by atoms with Gasteiger partial charge in [0.25, 0.3) is 0 Å². The minimum absolute atomic E-state index is 0.0109. The van der Waals surface area contributed by atoms with Gasteiger partial charge in [-0.1, -0.05) is 0 Å². The Morgan fingerprint density at radius 3 is 2.72 bits per heavy atom. The first-order chi connectivity index (χ1) is 17.1. The van der Waals surface area contributed by atoms with Crippen molar-refractivity contribution in [3.05, 3.63) is 70.6 Å². The Hall–Kier alpha value is -4.15. The molecular weight excluding hydrogens is 471 g/mol. The predicted molar refractivity (Wildman–Crippen MR) is 132 cm³/mol. The van der Waals surface area contributed by atoms with Crippen LogP contribution in [0.25, 0.3) is 17.0 Å². The zero-order valence-electron chi connectivity index (χ0n) is 20.1. The molecule has 3 N–H and O–H groups in total. The summed E-state index contributed by atoms with van der Waals surface area (Å²) in [6, 6.07) is 5.26. The van der Waals surface area contributed by atoms with E-state index >= 15 is 0 Å². The van der Waals surface area contributed by atoms with E-state index in [9.17, 15) is 18.0 Å². The predicted octanol–water partition coefficient (Wildman–Crippen LogP) is 3.48. The van der Waals surface area contributed by atoms with Crippen LogP contribution in [0.5, 0.6) is 0 Å². The van der Waals surface area contributed by atoms with Crippen molar-refractivity contribution >= 4 is 23.4 Å². The summed E-state index contributed by atoms with van der Waals surface area (Å²) in [6.45, 7) is 3.01. The Morgan fingerprint density at radius 1 is 1.25 bits per heavy atom. The van der Waals surface area contributed by atoms with E-state index in [2.05, 4.69) is 20.3 Å². The van der Waals surface area contributed by atoms with Crippen molar-refractivity contribution in [2.45, 2.75) is 26.2 Å². The molecule has 0 amide bonds. The highest BCUT2D eigenvalue weighted by atomic mass is 19.4. The number of fused-ring (bicyclic) bond motifs is 3. The lowest BCUT2D eigenvalue weighted by Gasteiger charge is -2.18. The van der Waals surface area contributed by atoms with E-state index in [-0.39, 0.29) is 12.2 Å². The van der Waals surface area contributed by atoms with E-state index in [1.165, 1.54) is 12.1 Å². The SMILES string of the molecule is Cc1nc2n3c(c(C(/C=C\N(C)C)=C/C=O)cc-2c(=NCc2cc(N)cc(C(F)(F)F)c2)n1)NCC3. The van der Waals surface area contributed by atoms with E-state index in [0.717, 1.165) is 29.8 Å². The van der Waals surface area contributed by atoms with Crippen LogP contribution in [-0.4, -0.2) is 46.4 Å². The average molecular weight is 498 g/mol. The summed E-state index contributed by atoms with van der Waals surface area (Å²) in [5.74, 6) is 1.94. The number of pyridine rings is 1. The molecule has 0 atom stereocenters. The van der Waals surface area contributed by atoms with E-state index in [1.54, 1.807) is 6.92 Å². The second-order valence-corrected chi connectivity index (χ2v) is 8.63. The smallest absolute Gasteiger partial charge is 0.399 e. The number of nitrogens with one attached hydrogen (secondary N) is 1. The molecule has 1 aromatic rings. The lowest BCUT2D eigenvalue weighted by atomic mass is 10.0. The quantitative estimate of drug-likeness (QED) is 0.234. The van der Waals surface area contributed by atoms with Crippen LogP contribution >= 0.6 is 0 Å². The molecule has 3 heterocycles. The van der Waals surface area contributed by atoms with E-state index in [1.807, 2.05) is 41.9 Å². The number of allylic oxidation sites excluding steroid dienone is 3. The molecule has 36 heavy (non-hydrogen) atoms. The maximum absolute atomic E-state index is 13.2. The normalized spacial score (nSPS) is 14.4. The average Bonchev–Trinajstić information content (AvgIpc) is 3.29. The van der Waals surface area contributed by atoms with Gasteiger partial charge in [0.15, 0.2) is 5.49 Å². The molecule has 0 unspecified atom stereocenters. The van der Waals surface area contributed by atoms with Crippen LogP contribution < -0.4 is 16.5 Å². The molecule has 0 saturated heterocycles. The number of nitrogens with zero attached hydrogens (tertiary/aromatic N) is 5. The molecule has 0 aliphatic carbocycles. The molecule has 0 aromatic heterocycles. The second-order valence-electron chi connectivity index (χ2n) is 8.63. The summed E-state index contributed by atoms with van der Waals surface area (Å²) in [5.41, 5.74) is 7.62. The largest absolute Gasteiger partial charge is 0.416 e. The summed E-state index contributed by atoms with van der Waals surface area (Å²) < 4.78 is 41.7. The standard InChI is InChI=1S/C25H26F3N7O/c1-15-32-22(31-14-16-10-18(25(26,27)28)12-19(29)11-16)21-13-20(17(5-9-36)4-7-34(2)3)23-30-6-8-35(23)24(21)33-15/h4-5,7,9-13,30H,6,8,14,29H2,1-3H3/b7-4-,17-5+,31-22?. The molecule has 3 aliphatic heterocycles. The van der Waals surface area contributed by atoms with Crippen molar-refractivity contribution in [3.63, 3.8) is 0 Å². The first-order valence-electron chi connectivity index (χ1n) is 11.2. The fourth-order valence-electron chi connectivity index (χ4n) is 4.06. The van der Waals surface area contributed by atoms with Crippen LogP contribution in [0.4, 0.5) is 24.7 Å². The van der Waals surface area contributed by atoms with Crippen LogP contribution in [0.2, 0.25) is 0 Å². The highest BCUT2D eigenvalue weighted by Gasteiger charge is 2.31. The zero-order chi connectivity index (χ0) is 26.0. The highest BCUT2D eigenvalue weighted by molar-refractivity contribution is 5.91. The topological polar surface area (TPSA) is 101 Å². The first kappa shape index (κ1) is 25.0. The van der Waals surface area contributed by atoms with Crippen molar-refractivity contribution in [3.8, 4) is 11.4 Å². The summed E-state index contributed by atoms with van der Waals surface area (Å²) in [7, 11) is 3.75. The van der Waals surface area contributed by atoms with Crippen molar-refractivity contribution in [2.75, 3.05) is 31.7 Å². The number of nitrogen functional groups attached to an aromatic ring is 1. The maximum Gasteiger partial charge on any atom is 0.416 e. The number of halogens is 3. The molecule has 4 rings (SSSR count). The maximum atomic E-state index is 13.2. The zero-order valence-corrected chi connectivity index (χ0v) is 20.1. The van der Waals surface area contributed by atoms with Gasteiger partial charge < -0.3 is 20.5 Å². The number of carbonyl (C=O) groups is 1. The molecule has 0 bridgehead atoms. The third kappa shape index (κ3) is 5.24. The lowest BCUT2D eigenvalue weighted by Crippen LogP contribution is -2.21. The molecular formula is C25H26F3N7O. The van der Waals surface area contributed by atoms with Gasteiger partial charge in [-0.15, -0.1) is 0 Å².